The number of hydrogen-bond acceptors (Lipinski definition) is 6. The SMILES string of the molecule is N#Cc1cc2c(OCC(O)CNCC3CCc4cc(CC(=O)O)ccc4O3)cccc2[nH]1. The summed E-state index contributed by atoms with van der Waals surface area (Å²) in [6, 6.07) is 14.9. The van der Waals surface area contributed by atoms with Crippen LogP contribution in [0.5, 0.6) is 11.5 Å². The van der Waals surface area contributed by atoms with Crippen LogP contribution in [0.4, 0.5) is 0 Å². The summed E-state index contributed by atoms with van der Waals surface area (Å²) in [5.74, 6) is 0.564. The maximum atomic E-state index is 10.9. The molecule has 0 spiro atoms. The third-order valence-electron chi connectivity index (χ3n) is 5.44. The standard InChI is InChI=1S/C24H25N3O5/c25-11-17-10-20-21(27-17)2-1-3-23(20)31-14-18(28)12-26-13-19-6-5-16-8-15(9-24(29)30)4-7-22(16)32-19/h1-4,7-8,10,18-19,26-28H,5-6,9,12-14H2,(H,29,30). The minimum atomic E-state index is -0.844. The molecule has 0 amide bonds. The van der Waals surface area contributed by atoms with Crippen LogP contribution in [0.3, 0.4) is 0 Å². The predicted molar refractivity (Wildman–Crippen MR) is 118 cm³/mol. The number of nitrogens with zero attached hydrogens (tertiary/aromatic N) is 1. The topological polar surface area (TPSA) is 128 Å². The molecule has 0 fully saturated rings. The van der Waals surface area contributed by atoms with Crippen molar-refractivity contribution >= 4 is 16.9 Å². The molecule has 8 nitrogen and oxygen atoms in total. The molecule has 3 aromatic rings. The molecule has 0 bridgehead atoms. The average Bonchev–Trinajstić information content (AvgIpc) is 3.21. The smallest absolute Gasteiger partial charge is 0.307 e. The van der Waals surface area contributed by atoms with Crippen molar-refractivity contribution in [3.8, 4) is 17.6 Å². The summed E-state index contributed by atoms with van der Waals surface area (Å²) in [5, 5.41) is 32.3. The number of aliphatic carboxylic acids is 1. The molecule has 2 aromatic carbocycles. The Balaban J connectivity index is 1.23. The number of benzene rings is 2. The fourth-order valence-electron chi connectivity index (χ4n) is 3.90. The maximum absolute atomic E-state index is 10.9. The largest absolute Gasteiger partial charge is 0.490 e. The van der Waals surface area contributed by atoms with E-state index < -0.39 is 12.1 Å². The van der Waals surface area contributed by atoms with Crippen molar-refractivity contribution < 1.29 is 24.5 Å². The number of H-pyrrole nitrogens is 1. The zero-order valence-corrected chi connectivity index (χ0v) is 17.5. The Bertz CT molecular complexity index is 1150. The molecule has 1 aliphatic rings. The summed E-state index contributed by atoms with van der Waals surface area (Å²) in [6.45, 7) is 1.07. The Kier molecular flexibility index (Phi) is 6.59. The maximum Gasteiger partial charge on any atom is 0.307 e. The predicted octanol–water partition coefficient (Wildman–Crippen LogP) is 2.39. The Morgan fingerprint density at radius 2 is 2.22 bits per heavy atom. The number of rotatable bonds is 9. The van der Waals surface area contributed by atoms with E-state index in [1.165, 1.54) is 0 Å². The second kappa shape index (κ2) is 9.73. The van der Waals surface area contributed by atoms with Crippen molar-refractivity contribution in [3.05, 3.63) is 59.3 Å². The van der Waals surface area contributed by atoms with Crippen molar-refractivity contribution in [2.75, 3.05) is 19.7 Å². The van der Waals surface area contributed by atoms with E-state index in [0.29, 0.717) is 24.5 Å². The van der Waals surface area contributed by atoms with E-state index >= 15 is 0 Å². The van der Waals surface area contributed by atoms with Crippen LogP contribution >= 0.6 is 0 Å². The third kappa shape index (κ3) is 5.19. The summed E-state index contributed by atoms with van der Waals surface area (Å²) in [6.07, 6.45) is 0.940. The average molecular weight is 435 g/mol. The van der Waals surface area contributed by atoms with Gasteiger partial charge in [0.2, 0.25) is 0 Å². The van der Waals surface area contributed by atoms with Crippen LogP contribution in [-0.2, 0) is 17.6 Å². The monoisotopic (exact) mass is 435 g/mol. The zero-order valence-electron chi connectivity index (χ0n) is 17.5. The lowest BCUT2D eigenvalue weighted by atomic mass is 9.99. The molecule has 0 radical (unpaired) electrons. The molecule has 0 saturated carbocycles. The molecule has 4 rings (SSSR count). The number of aromatic amines is 1. The van der Waals surface area contributed by atoms with Gasteiger partial charge in [-0.3, -0.25) is 4.79 Å². The van der Waals surface area contributed by atoms with Crippen LogP contribution in [0.25, 0.3) is 10.9 Å². The molecule has 1 aromatic heterocycles. The van der Waals surface area contributed by atoms with Gasteiger partial charge >= 0.3 is 5.97 Å². The molecule has 0 saturated heterocycles. The van der Waals surface area contributed by atoms with Crippen LogP contribution in [0.2, 0.25) is 0 Å². The summed E-state index contributed by atoms with van der Waals surface area (Å²) in [7, 11) is 0. The first kappa shape index (κ1) is 21.7. The van der Waals surface area contributed by atoms with Gasteiger partial charge in [0.1, 0.15) is 42.1 Å². The van der Waals surface area contributed by atoms with Crippen LogP contribution in [0, 0.1) is 11.3 Å². The number of ether oxygens (including phenoxy) is 2. The molecule has 1 aliphatic heterocycles. The number of aliphatic hydroxyl groups excluding tert-OH is 1. The van der Waals surface area contributed by atoms with Gasteiger partial charge in [-0.1, -0.05) is 18.2 Å². The highest BCUT2D eigenvalue weighted by atomic mass is 16.5. The number of aromatic nitrogens is 1. The summed E-state index contributed by atoms with van der Waals surface area (Å²) >= 11 is 0. The summed E-state index contributed by atoms with van der Waals surface area (Å²) < 4.78 is 11.8. The van der Waals surface area contributed by atoms with Crippen molar-refractivity contribution in [2.45, 2.75) is 31.5 Å². The molecule has 32 heavy (non-hydrogen) atoms. The van der Waals surface area contributed by atoms with Gasteiger partial charge in [0.05, 0.1) is 11.9 Å². The van der Waals surface area contributed by atoms with Crippen LogP contribution in [-0.4, -0.2) is 53.1 Å². The normalized spacial score (nSPS) is 16.1. The molecule has 4 N–H and O–H groups in total. The van der Waals surface area contributed by atoms with Crippen LogP contribution in [0.15, 0.2) is 42.5 Å². The Morgan fingerprint density at radius 3 is 3.03 bits per heavy atom. The fraction of sp³-hybridized carbons (Fsp3) is 0.333. The second-order valence-electron chi connectivity index (χ2n) is 7.93. The number of hydrogen-bond donors (Lipinski definition) is 4. The Morgan fingerprint density at radius 1 is 1.34 bits per heavy atom. The zero-order chi connectivity index (χ0) is 22.5. The summed E-state index contributed by atoms with van der Waals surface area (Å²) in [4.78, 5) is 13.9. The highest BCUT2D eigenvalue weighted by molar-refractivity contribution is 5.87. The number of carbonyl (C=O) groups is 1. The lowest BCUT2D eigenvalue weighted by Crippen LogP contribution is -2.39. The lowest BCUT2D eigenvalue weighted by Gasteiger charge is -2.27. The number of carboxylic acids is 1. The highest BCUT2D eigenvalue weighted by Gasteiger charge is 2.20. The van der Waals surface area contributed by atoms with Gasteiger partial charge in [0.15, 0.2) is 0 Å². The van der Waals surface area contributed by atoms with Gasteiger partial charge < -0.3 is 30.0 Å². The van der Waals surface area contributed by atoms with Crippen LogP contribution < -0.4 is 14.8 Å². The molecular formula is C24H25N3O5. The van der Waals surface area contributed by atoms with E-state index in [2.05, 4.69) is 16.4 Å². The molecule has 0 aliphatic carbocycles. The van der Waals surface area contributed by atoms with Gasteiger partial charge in [-0.25, -0.2) is 0 Å². The number of nitriles is 1. The molecule has 166 valence electrons. The number of aliphatic hydroxyl groups is 1. The van der Waals surface area contributed by atoms with Crippen LogP contribution in [0.1, 0.15) is 23.2 Å². The third-order valence-corrected chi connectivity index (χ3v) is 5.44. The van der Waals surface area contributed by atoms with E-state index in [-0.39, 0.29) is 19.1 Å². The van der Waals surface area contributed by atoms with Gasteiger partial charge in [0, 0.05) is 18.5 Å². The van der Waals surface area contributed by atoms with Gasteiger partial charge in [-0.2, -0.15) is 5.26 Å². The lowest BCUT2D eigenvalue weighted by molar-refractivity contribution is -0.136. The quantitative estimate of drug-likeness (QED) is 0.406. The number of fused-ring (bicyclic) bond motifs is 2. The number of carboxylic acid groups (broad SMARTS) is 1. The minimum Gasteiger partial charge on any atom is -0.490 e. The van der Waals surface area contributed by atoms with Crippen molar-refractivity contribution in [1.82, 2.24) is 10.3 Å². The van der Waals surface area contributed by atoms with Gasteiger partial charge in [-0.05, 0) is 48.2 Å². The molecule has 2 atom stereocenters. The fourth-order valence-corrected chi connectivity index (χ4v) is 3.90. The van der Waals surface area contributed by atoms with Crippen molar-refractivity contribution in [3.63, 3.8) is 0 Å². The number of nitrogens with one attached hydrogen (secondary N) is 2. The van der Waals surface area contributed by atoms with Gasteiger partial charge in [0.25, 0.3) is 0 Å². The molecule has 2 heterocycles. The first-order valence-electron chi connectivity index (χ1n) is 10.6. The van der Waals surface area contributed by atoms with E-state index in [4.69, 9.17) is 19.8 Å². The highest BCUT2D eigenvalue weighted by Crippen LogP contribution is 2.29. The van der Waals surface area contributed by atoms with E-state index in [1.54, 1.807) is 12.1 Å². The minimum absolute atomic E-state index is 0.0102. The van der Waals surface area contributed by atoms with E-state index in [1.807, 2.05) is 30.3 Å². The Hall–Kier alpha value is -3.54. The number of aryl methyl sites for hydroxylation is 1. The first-order chi connectivity index (χ1) is 15.5. The summed E-state index contributed by atoms with van der Waals surface area (Å²) in [5.41, 5.74) is 3.09. The first-order valence-corrected chi connectivity index (χ1v) is 10.6. The van der Waals surface area contributed by atoms with Crippen molar-refractivity contribution in [2.24, 2.45) is 0 Å². The second-order valence-corrected chi connectivity index (χ2v) is 7.93. The molecular weight excluding hydrogens is 410 g/mol. The molecule has 8 heteroatoms. The molecule has 2 unspecified atom stereocenters. The van der Waals surface area contributed by atoms with E-state index in [0.717, 1.165) is 40.6 Å². The van der Waals surface area contributed by atoms with Crippen molar-refractivity contribution in [1.29, 1.82) is 5.26 Å². The Labute approximate surface area is 185 Å². The van der Waals surface area contributed by atoms with Gasteiger partial charge in [-0.15, -0.1) is 0 Å². The van der Waals surface area contributed by atoms with E-state index in [9.17, 15) is 9.90 Å².